The molecule has 1 aromatic carbocycles. The molecule has 20 heavy (non-hydrogen) atoms. The number of hydrogen-bond donors (Lipinski definition) is 1. The zero-order chi connectivity index (χ0) is 14.5. The van der Waals surface area contributed by atoms with Crippen molar-refractivity contribution in [3.05, 3.63) is 24.3 Å². The summed E-state index contributed by atoms with van der Waals surface area (Å²) in [4.78, 5) is 0. The number of para-hydroxylation sites is 2. The van der Waals surface area contributed by atoms with Gasteiger partial charge in [-0.05, 0) is 12.1 Å². The molecule has 0 aliphatic rings. The summed E-state index contributed by atoms with van der Waals surface area (Å²) in [6, 6.07) is 7.42. The fraction of sp³-hybridized carbons (Fsp3) is 0.571. The van der Waals surface area contributed by atoms with Gasteiger partial charge in [0.2, 0.25) is 0 Å². The highest BCUT2D eigenvalue weighted by molar-refractivity contribution is 14.1. The summed E-state index contributed by atoms with van der Waals surface area (Å²) < 4.78 is 22.5. The van der Waals surface area contributed by atoms with E-state index in [1.807, 2.05) is 24.3 Å². The number of benzene rings is 1. The number of rotatable bonds is 12. The van der Waals surface area contributed by atoms with Crippen LogP contribution in [0.25, 0.3) is 0 Å². The van der Waals surface area contributed by atoms with Crippen molar-refractivity contribution in [2.24, 2.45) is 0 Å². The molecule has 0 saturated carbocycles. The van der Waals surface area contributed by atoms with Gasteiger partial charge in [-0.1, -0.05) is 34.7 Å². The van der Waals surface area contributed by atoms with Crippen molar-refractivity contribution >= 4 is 28.3 Å². The number of nitrogen functional groups attached to an aromatic ring is 1. The highest BCUT2D eigenvalue weighted by Crippen LogP contribution is 2.19. The van der Waals surface area contributed by atoms with Crippen LogP contribution >= 0.6 is 22.6 Å². The topological polar surface area (TPSA) is 62.9 Å². The average molecular weight is 395 g/mol. The molecule has 1 aromatic rings. The van der Waals surface area contributed by atoms with E-state index < -0.39 is 0 Å². The lowest BCUT2D eigenvalue weighted by molar-refractivity contribution is 0.0120. The number of halogens is 1. The standard InChI is InChI=1S/C14H22INO4/c15-5-6-17-7-8-18-9-10-19-11-12-20-14-4-2-1-3-13(14)16/h1-4H,5-12,16H2. The quantitative estimate of drug-likeness (QED) is 0.254. The van der Waals surface area contributed by atoms with E-state index in [0.29, 0.717) is 51.1 Å². The fourth-order valence-electron chi connectivity index (χ4n) is 1.42. The third-order valence-corrected chi connectivity index (χ3v) is 2.81. The molecule has 0 aliphatic carbocycles. The summed E-state index contributed by atoms with van der Waals surface area (Å²) in [7, 11) is 0. The van der Waals surface area contributed by atoms with E-state index in [1.165, 1.54) is 0 Å². The van der Waals surface area contributed by atoms with E-state index in [9.17, 15) is 0 Å². The molecule has 0 heterocycles. The lowest BCUT2D eigenvalue weighted by Crippen LogP contribution is -2.13. The van der Waals surface area contributed by atoms with Crippen molar-refractivity contribution in [3.63, 3.8) is 0 Å². The minimum atomic E-state index is 0.479. The molecule has 5 nitrogen and oxygen atoms in total. The molecule has 0 unspecified atom stereocenters. The van der Waals surface area contributed by atoms with Gasteiger partial charge in [-0.25, -0.2) is 0 Å². The molecule has 2 N–H and O–H groups in total. The highest BCUT2D eigenvalue weighted by Gasteiger charge is 1.98. The molecule has 0 aromatic heterocycles. The zero-order valence-corrected chi connectivity index (χ0v) is 13.7. The normalized spacial score (nSPS) is 10.7. The second-order valence-corrected chi connectivity index (χ2v) is 4.99. The minimum Gasteiger partial charge on any atom is -0.489 e. The summed E-state index contributed by atoms with van der Waals surface area (Å²) >= 11 is 2.28. The Morgan fingerprint density at radius 1 is 0.800 bits per heavy atom. The molecule has 0 spiro atoms. The number of anilines is 1. The van der Waals surface area contributed by atoms with Crippen molar-refractivity contribution in [2.75, 3.05) is 56.4 Å². The first-order valence-electron chi connectivity index (χ1n) is 6.61. The number of hydrogen-bond acceptors (Lipinski definition) is 5. The van der Waals surface area contributed by atoms with E-state index in [0.717, 1.165) is 11.0 Å². The Hall–Kier alpha value is -0.570. The molecular formula is C14H22INO4. The van der Waals surface area contributed by atoms with E-state index in [4.69, 9.17) is 24.7 Å². The Bertz CT molecular complexity index is 352. The van der Waals surface area contributed by atoms with Crippen molar-refractivity contribution in [1.29, 1.82) is 0 Å². The van der Waals surface area contributed by atoms with Crippen LogP contribution in [0.5, 0.6) is 5.75 Å². The maximum absolute atomic E-state index is 5.75. The lowest BCUT2D eigenvalue weighted by atomic mass is 10.3. The predicted octanol–water partition coefficient (Wildman–Crippen LogP) is 2.13. The molecule has 0 aliphatic heterocycles. The van der Waals surface area contributed by atoms with Crippen molar-refractivity contribution in [1.82, 2.24) is 0 Å². The number of ether oxygens (including phenoxy) is 4. The highest BCUT2D eigenvalue weighted by atomic mass is 127. The SMILES string of the molecule is Nc1ccccc1OCCOCCOCCOCCI. The molecule has 0 bridgehead atoms. The number of alkyl halides is 1. The van der Waals surface area contributed by atoms with Crippen molar-refractivity contribution in [2.45, 2.75) is 0 Å². The first-order valence-corrected chi connectivity index (χ1v) is 8.13. The third-order valence-electron chi connectivity index (χ3n) is 2.37. The molecule has 1 rings (SSSR count). The molecular weight excluding hydrogens is 373 g/mol. The van der Waals surface area contributed by atoms with Gasteiger partial charge in [0, 0.05) is 4.43 Å². The van der Waals surface area contributed by atoms with Gasteiger partial charge in [0.15, 0.2) is 0 Å². The molecule has 0 amide bonds. The van der Waals surface area contributed by atoms with Crippen LogP contribution in [0.3, 0.4) is 0 Å². The van der Waals surface area contributed by atoms with Crippen LogP contribution in [0.15, 0.2) is 24.3 Å². The molecule has 0 fully saturated rings. The smallest absolute Gasteiger partial charge is 0.142 e. The Labute approximate surface area is 133 Å². The Balaban J connectivity index is 1.87. The summed E-state index contributed by atoms with van der Waals surface area (Å²) in [5.41, 5.74) is 6.39. The van der Waals surface area contributed by atoms with Crippen molar-refractivity contribution < 1.29 is 18.9 Å². The fourth-order valence-corrected chi connectivity index (χ4v) is 1.73. The number of nitrogens with two attached hydrogens (primary N) is 1. The van der Waals surface area contributed by atoms with E-state index in [1.54, 1.807) is 0 Å². The summed E-state index contributed by atoms with van der Waals surface area (Å²) in [5, 5.41) is 0. The second kappa shape index (κ2) is 12.2. The van der Waals surface area contributed by atoms with Gasteiger partial charge in [0.1, 0.15) is 12.4 Å². The van der Waals surface area contributed by atoms with Crippen LogP contribution in [-0.2, 0) is 14.2 Å². The second-order valence-electron chi connectivity index (χ2n) is 3.91. The van der Waals surface area contributed by atoms with Crippen LogP contribution in [0.4, 0.5) is 5.69 Å². The third kappa shape index (κ3) is 8.57. The van der Waals surface area contributed by atoms with Gasteiger partial charge >= 0.3 is 0 Å². The summed E-state index contributed by atoms with van der Waals surface area (Å²) in [6.07, 6.45) is 0. The monoisotopic (exact) mass is 395 g/mol. The first-order chi connectivity index (χ1) is 9.84. The summed E-state index contributed by atoms with van der Waals surface area (Å²) in [5.74, 6) is 0.694. The van der Waals surface area contributed by atoms with Gasteiger partial charge in [0.05, 0.1) is 45.3 Å². The van der Waals surface area contributed by atoms with Crippen LogP contribution in [-0.4, -0.2) is 50.7 Å². The van der Waals surface area contributed by atoms with Gasteiger partial charge in [-0.2, -0.15) is 0 Å². The van der Waals surface area contributed by atoms with Crippen molar-refractivity contribution in [3.8, 4) is 5.75 Å². The average Bonchev–Trinajstić information content (AvgIpc) is 2.46. The molecule has 0 saturated heterocycles. The Morgan fingerprint density at radius 2 is 1.35 bits per heavy atom. The maximum atomic E-state index is 5.75. The largest absolute Gasteiger partial charge is 0.489 e. The van der Waals surface area contributed by atoms with Crippen LogP contribution in [0.2, 0.25) is 0 Å². The Morgan fingerprint density at radius 3 is 1.95 bits per heavy atom. The van der Waals surface area contributed by atoms with E-state index >= 15 is 0 Å². The maximum Gasteiger partial charge on any atom is 0.142 e. The summed E-state index contributed by atoms with van der Waals surface area (Å²) in [6.45, 7) is 4.15. The molecule has 0 atom stereocenters. The van der Waals surface area contributed by atoms with Gasteiger partial charge in [0.25, 0.3) is 0 Å². The minimum absolute atomic E-state index is 0.479. The van der Waals surface area contributed by atoms with Crippen LogP contribution < -0.4 is 10.5 Å². The molecule has 0 radical (unpaired) electrons. The zero-order valence-electron chi connectivity index (χ0n) is 11.6. The lowest BCUT2D eigenvalue weighted by Gasteiger charge is -2.09. The van der Waals surface area contributed by atoms with Gasteiger partial charge in [-0.15, -0.1) is 0 Å². The van der Waals surface area contributed by atoms with Crippen LogP contribution in [0.1, 0.15) is 0 Å². The van der Waals surface area contributed by atoms with Crippen LogP contribution in [0, 0.1) is 0 Å². The predicted molar refractivity (Wildman–Crippen MR) is 87.7 cm³/mol. The molecule has 6 heteroatoms. The van der Waals surface area contributed by atoms with E-state index in [-0.39, 0.29) is 0 Å². The first kappa shape index (κ1) is 17.5. The van der Waals surface area contributed by atoms with E-state index in [2.05, 4.69) is 22.6 Å². The molecule has 114 valence electrons. The van der Waals surface area contributed by atoms with Gasteiger partial charge in [-0.3, -0.25) is 0 Å². The Kier molecular flexibility index (Phi) is 10.7. The van der Waals surface area contributed by atoms with Gasteiger partial charge < -0.3 is 24.7 Å².